The van der Waals surface area contributed by atoms with Gasteiger partial charge in [0.2, 0.25) is 10.0 Å². The molecular weight excluding hydrogens is 439 g/mol. The first-order chi connectivity index (χ1) is 13.8. The van der Waals surface area contributed by atoms with E-state index in [4.69, 9.17) is 32.7 Å². The molecule has 0 aliphatic carbocycles. The number of methoxy groups -OCH3 is 1. The number of benzene rings is 2. The van der Waals surface area contributed by atoms with E-state index in [1.807, 2.05) is 0 Å². The molecule has 1 heterocycles. The fourth-order valence-corrected chi connectivity index (χ4v) is 4.81. The van der Waals surface area contributed by atoms with Gasteiger partial charge in [0.05, 0.1) is 30.8 Å². The Balaban J connectivity index is 1.83. The van der Waals surface area contributed by atoms with E-state index in [9.17, 15) is 13.2 Å². The molecule has 1 aliphatic heterocycles. The Kier molecular flexibility index (Phi) is 7.02. The highest BCUT2D eigenvalue weighted by atomic mass is 35.5. The molecule has 1 N–H and O–H groups in total. The van der Waals surface area contributed by atoms with Crippen molar-refractivity contribution in [2.24, 2.45) is 0 Å². The average Bonchev–Trinajstić information content (AvgIpc) is 2.73. The van der Waals surface area contributed by atoms with Crippen LogP contribution in [0.5, 0.6) is 5.75 Å². The van der Waals surface area contributed by atoms with E-state index in [2.05, 4.69) is 5.32 Å². The second-order valence-corrected chi connectivity index (χ2v) is 9.08. The molecule has 0 radical (unpaired) electrons. The molecule has 1 aliphatic rings. The minimum Gasteiger partial charge on any atom is -0.496 e. The van der Waals surface area contributed by atoms with Crippen LogP contribution in [-0.2, 0) is 21.3 Å². The molecule has 156 valence electrons. The number of sulfonamides is 1. The van der Waals surface area contributed by atoms with Crippen molar-refractivity contribution < 1.29 is 22.7 Å². The van der Waals surface area contributed by atoms with Crippen molar-refractivity contribution in [3.05, 3.63) is 57.6 Å². The number of rotatable bonds is 6. The summed E-state index contributed by atoms with van der Waals surface area (Å²) in [5, 5.41) is 3.65. The van der Waals surface area contributed by atoms with Gasteiger partial charge in [0, 0.05) is 29.7 Å². The minimum atomic E-state index is -3.74. The van der Waals surface area contributed by atoms with Crippen LogP contribution >= 0.6 is 23.2 Å². The highest BCUT2D eigenvalue weighted by Crippen LogP contribution is 2.26. The largest absolute Gasteiger partial charge is 0.496 e. The van der Waals surface area contributed by atoms with Crippen molar-refractivity contribution in [2.45, 2.75) is 11.4 Å². The molecule has 10 heteroatoms. The first-order valence-corrected chi connectivity index (χ1v) is 11.0. The summed E-state index contributed by atoms with van der Waals surface area (Å²) in [5.41, 5.74) is 0.799. The molecule has 0 atom stereocenters. The van der Waals surface area contributed by atoms with Gasteiger partial charge in [-0.25, -0.2) is 8.42 Å². The van der Waals surface area contributed by atoms with Gasteiger partial charge >= 0.3 is 0 Å². The monoisotopic (exact) mass is 458 g/mol. The van der Waals surface area contributed by atoms with E-state index in [1.54, 1.807) is 18.2 Å². The fourth-order valence-electron chi connectivity index (χ4n) is 2.90. The smallest absolute Gasteiger partial charge is 0.255 e. The van der Waals surface area contributed by atoms with Crippen LogP contribution < -0.4 is 10.1 Å². The van der Waals surface area contributed by atoms with Gasteiger partial charge in [-0.3, -0.25) is 4.79 Å². The lowest BCUT2D eigenvalue weighted by Crippen LogP contribution is -2.40. The lowest BCUT2D eigenvalue weighted by molar-refractivity contribution is 0.0730. The fraction of sp³-hybridized carbons (Fsp3) is 0.316. The van der Waals surface area contributed by atoms with Crippen LogP contribution in [0.25, 0.3) is 0 Å². The standard InChI is InChI=1S/C19H20Cl2N2O5S/c1-27-18-5-4-15(29(25,26)23-6-8-28-9-7-23)11-16(18)19(24)22-12-13-2-3-14(20)10-17(13)21/h2-5,10-11H,6-9,12H2,1H3,(H,22,24). The molecule has 0 saturated carbocycles. The molecule has 1 saturated heterocycles. The summed E-state index contributed by atoms with van der Waals surface area (Å²) < 4.78 is 37.6. The predicted molar refractivity (Wildman–Crippen MR) is 110 cm³/mol. The van der Waals surface area contributed by atoms with Gasteiger partial charge in [-0.05, 0) is 35.9 Å². The number of nitrogens with zero attached hydrogens (tertiary/aromatic N) is 1. The number of halogens is 2. The summed E-state index contributed by atoms with van der Waals surface area (Å²) in [7, 11) is -2.32. The Labute approximate surface area is 179 Å². The lowest BCUT2D eigenvalue weighted by atomic mass is 10.1. The van der Waals surface area contributed by atoms with Gasteiger partial charge in [-0.2, -0.15) is 4.31 Å². The third kappa shape index (κ3) is 5.02. The topological polar surface area (TPSA) is 84.9 Å². The molecule has 7 nitrogen and oxygen atoms in total. The molecular formula is C19H20Cl2N2O5S. The Morgan fingerprint density at radius 1 is 1.17 bits per heavy atom. The van der Waals surface area contributed by atoms with E-state index < -0.39 is 15.9 Å². The van der Waals surface area contributed by atoms with Crippen molar-refractivity contribution in [2.75, 3.05) is 33.4 Å². The Bertz CT molecular complexity index is 1010. The van der Waals surface area contributed by atoms with Gasteiger partial charge in [-0.15, -0.1) is 0 Å². The molecule has 0 spiro atoms. The van der Waals surface area contributed by atoms with Crippen LogP contribution in [0.2, 0.25) is 10.0 Å². The number of carbonyl (C=O) groups is 1. The highest BCUT2D eigenvalue weighted by molar-refractivity contribution is 7.89. The summed E-state index contributed by atoms with van der Waals surface area (Å²) in [6, 6.07) is 9.18. The first kappa shape index (κ1) is 21.9. The molecule has 3 rings (SSSR count). The minimum absolute atomic E-state index is 0.0230. The maximum absolute atomic E-state index is 12.9. The highest BCUT2D eigenvalue weighted by Gasteiger charge is 2.28. The van der Waals surface area contributed by atoms with E-state index in [0.29, 0.717) is 28.8 Å². The zero-order chi connectivity index (χ0) is 21.0. The predicted octanol–water partition coefficient (Wildman–Crippen LogP) is 2.95. The van der Waals surface area contributed by atoms with Crippen LogP contribution in [0.1, 0.15) is 15.9 Å². The summed E-state index contributed by atoms with van der Waals surface area (Å²) in [6.07, 6.45) is 0. The number of hydrogen-bond acceptors (Lipinski definition) is 5. The number of morpholine rings is 1. The van der Waals surface area contributed by atoms with Gasteiger partial charge in [0.15, 0.2) is 0 Å². The van der Waals surface area contributed by atoms with E-state index in [-0.39, 0.29) is 35.8 Å². The summed E-state index contributed by atoms with van der Waals surface area (Å²) in [6.45, 7) is 1.36. The maximum atomic E-state index is 12.9. The van der Waals surface area contributed by atoms with Crippen molar-refractivity contribution >= 4 is 39.1 Å². The average molecular weight is 459 g/mol. The lowest BCUT2D eigenvalue weighted by Gasteiger charge is -2.26. The Morgan fingerprint density at radius 3 is 2.55 bits per heavy atom. The van der Waals surface area contributed by atoms with Gasteiger partial charge in [0.25, 0.3) is 5.91 Å². The van der Waals surface area contributed by atoms with Crippen molar-refractivity contribution in [1.82, 2.24) is 9.62 Å². The van der Waals surface area contributed by atoms with E-state index >= 15 is 0 Å². The normalized spacial score (nSPS) is 15.1. The molecule has 1 fully saturated rings. The zero-order valence-electron chi connectivity index (χ0n) is 15.7. The van der Waals surface area contributed by atoms with Gasteiger partial charge in [-0.1, -0.05) is 29.3 Å². The van der Waals surface area contributed by atoms with Crippen LogP contribution in [0.4, 0.5) is 0 Å². The zero-order valence-corrected chi connectivity index (χ0v) is 18.0. The van der Waals surface area contributed by atoms with Gasteiger partial charge in [0.1, 0.15) is 5.75 Å². The Morgan fingerprint density at radius 2 is 1.90 bits per heavy atom. The van der Waals surface area contributed by atoms with Crippen molar-refractivity contribution in [3.8, 4) is 5.75 Å². The van der Waals surface area contributed by atoms with E-state index in [0.717, 1.165) is 0 Å². The second-order valence-electron chi connectivity index (χ2n) is 6.30. The molecule has 1 amide bonds. The number of amides is 1. The first-order valence-electron chi connectivity index (χ1n) is 8.81. The second kappa shape index (κ2) is 9.32. The SMILES string of the molecule is COc1ccc(S(=O)(=O)N2CCOCC2)cc1C(=O)NCc1ccc(Cl)cc1Cl. The van der Waals surface area contributed by atoms with Crippen LogP contribution in [0.3, 0.4) is 0 Å². The number of carbonyl (C=O) groups excluding carboxylic acids is 1. The van der Waals surface area contributed by atoms with Crippen LogP contribution in [0, 0.1) is 0 Å². The molecule has 29 heavy (non-hydrogen) atoms. The van der Waals surface area contributed by atoms with Crippen LogP contribution in [-0.4, -0.2) is 52.0 Å². The molecule has 2 aromatic carbocycles. The van der Waals surface area contributed by atoms with E-state index in [1.165, 1.54) is 29.6 Å². The molecule has 0 unspecified atom stereocenters. The van der Waals surface area contributed by atoms with Gasteiger partial charge < -0.3 is 14.8 Å². The third-order valence-corrected chi connectivity index (χ3v) is 6.96. The van der Waals surface area contributed by atoms with Crippen molar-refractivity contribution in [1.29, 1.82) is 0 Å². The summed E-state index contributed by atoms with van der Waals surface area (Å²) in [4.78, 5) is 12.8. The molecule has 2 aromatic rings. The van der Waals surface area contributed by atoms with Crippen LogP contribution in [0.15, 0.2) is 41.3 Å². The Hall–Kier alpha value is -1.84. The summed E-state index contributed by atoms with van der Waals surface area (Å²) >= 11 is 12.0. The maximum Gasteiger partial charge on any atom is 0.255 e. The quantitative estimate of drug-likeness (QED) is 0.718. The number of nitrogens with one attached hydrogen (secondary N) is 1. The number of hydrogen-bond donors (Lipinski definition) is 1. The summed E-state index contributed by atoms with van der Waals surface area (Å²) in [5.74, 6) is -0.211. The molecule has 0 bridgehead atoms. The third-order valence-electron chi connectivity index (χ3n) is 4.48. The molecule has 0 aromatic heterocycles. The number of ether oxygens (including phenoxy) is 2. The van der Waals surface area contributed by atoms with Crippen molar-refractivity contribution in [3.63, 3.8) is 0 Å².